The van der Waals surface area contributed by atoms with E-state index in [1.54, 1.807) is 20.9 Å². The topological polar surface area (TPSA) is 76.0 Å². The van der Waals surface area contributed by atoms with Gasteiger partial charge in [0.1, 0.15) is 12.2 Å². The van der Waals surface area contributed by atoms with Gasteiger partial charge >= 0.3 is 0 Å². The zero-order chi connectivity index (χ0) is 13.0. The first-order valence-corrected chi connectivity index (χ1v) is 5.60. The normalized spacial score (nSPS) is 10.1. The molecular weight excluding hydrogens is 244 g/mol. The van der Waals surface area contributed by atoms with Gasteiger partial charge in [0.15, 0.2) is 0 Å². The van der Waals surface area contributed by atoms with Crippen LogP contribution < -0.4 is 16.2 Å². The van der Waals surface area contributed by atoms with Crippen molar-refractivity contribution in [3.8, 4) is 0 Å². The van der Waals surface area contributed by atoms with E-state index in [9.17, 15) is 9.59 Å². The van der Waals surface area contributed by atoms with Crippen molar-refractivity contribution in [2.24, 2.45) is 0 Å². The highest BCUT2D eigenvalue weighted by molar-refractivity contribution is 6.28. The quantitative estimate of drug-likeness (QED) is 0.766. The third-order valence-electron chi connectivity index (χ3n) is 2.23. The average Bonchev–Trinajstić information content (AvgIpc) is 2.25. The molecule has 1 heterocycles. The second-order valence-electron chi connectivity index (χ2n) is 3.44. The van der Waals surface area contributed by atoms with Crippen LogP contribution in [0.3, 0.4) is 0 Å². The molecule has 0 radical (unpaired) electrons. The Bertz CT molecular complexity index is 484. The molecule has 2 N–H and O–H groups in total. The number of carbonyl (C=O) groups is 1. The maximum atomic E-state index is 12.0. The Hall–Kier alpha value is -1.56. The first-order chi connectivity index (χ1) is 8.01. The second kappa shape index (κ2) is 5.67. The van der Waals surface area contributed by atoms with Crippen LogP contribution in [-0.2, 0) is 11.3 Å². The molecule has 6 nitrogen and oxygen atoms in total. The molecule has 94 valence electrons. The number of nitrogens with one attached hydrogen (secondary N) is 2. The average molecular weight is 259 g/mol. The number of likely N-dealkylation sites (N-methyl/N-ethyl adjacent to an activating group) is 1. The van der Waals surface area contributed by atoms with E-state index in [4.69, 9.17) is 11.6 Å². The van der Waals surface area contributed by atoms with Gasteiger partial charge in [0.2, 0.25) is 11.2 Å². The summed E-state index contributed by atoms with van der Waals surface area (Å²) < 4.78 is 1.13. The van der Waals surface area contributed by atoms with Crippen LogP contribution in [0.1, 0.15) is 12.6 Å². The van der Waals surface area contributed by atoms with Crippen molar-refractivity contribution in [1.82, 2.24) is 14.9 Å². The van der Waals surface area contributed by atoms with Gasteiger partial charge in [-0.2, -0.15) is 0 Å². The molecule has 0 saturated carbocycles. The van der Waals surface area contributed by atoms with Crippen molar-refractivity contribution in [3.05, 3.63) is 21.3 Å². The van der Waals surface area contributed by atoms with E-state index in [2.05, 4.69) is 15.6 Å². The lowest BCUT2D eigenvalue weighted by atomic mass is 10.3. The molecule has 0 unspecified atom stereocenters. The lowest BCUT2D eigenvalue weighted by Gasteiger charge is -2.11. The molecule has 0 aliphatic carbocycles. The van der Waals surface area contributed by atoms with Crippen molar-refractivity contribution < 1.29 is 4.79 Å². The van der Waals surface area contributed by atoms with Gasteiger partial charge in [-0.3, -0.25) is 14.2 Å². The number of aryl methyl sites for hydroxylation is 1. The number of carbonyl (C=O) groups excluding carboxylic acids is 1. The van der Waals surface area contributed by atoms with Crippen LogP contribution in [0.25, 0.3) is 0 Å². The Balaban J connectivity index is 3.16. The highest BCUT2D eigenvalue weighted by atomic mass is 35.5. The summed E-state index contributed by atoms with van der Waals surface area (Å²) in [5.74, 6) is -0.274. The van der Waals surface area contributed by atoms with Gasteiger partial charge in [-0.25, -0.2) is 4.98 Å². The zero-order valence-corrected chi connectivity index (χ0v) is 10.8. The molecule has 0 aliphatic rings. The summed E-state index contributed by atoms with van der Waals surface area (Å²) in [5.41, 5.74) is 0.504. The summed E-state index contributed by atoms with van der Waals surface area (Å²) in [6.45, 7) is 3.85. The molecule has 0 aliphatic heterocycles. The van der Waals surface area contributed by atoms with Gasteiger partial charge in [-0.1, -0.05) is 0 Å². The van der Waals surface area contributed by atoms with E-state index in [0.29, 0.717) is 17.9 Å². The van der Waals surface area contributed by atoms with Gasteiger partial charge in [0.05, 0.1) is 5.69 Å². The highest BCUT2D eigenvalue weighted by Gasteiger charge is 2.13. The molecule has 0 spiro atoms. The van der Waals surface area contributed by atoms with E-state index in [-0.39, 0.29) is 23.3 Å². The standard InChI is InChI=1S/C10H15ClN4O2/c1-4-13-7(16)5-15-9(17)8(12-3)6(2)14-10(15)11/h12H,4-5H2,1-3H3,(H,13,16). The molecule has 0 aromatic carbocycles. The molecule has 1 aromatic rings. The number of amides is 1. The second-order valence-corrected chi connectivity index (χ2v) is 3.77. The number of halogens is 1. The number of hydrogen-bond donors (Lipinski definition) is 2. The molecule has 1 aromatic heterocycles. The summed E-state index contributed by atoms with van der Waals surface area (Å²) in [5, 5.41) is 5.36. The van der Waals surface area contributed by atoms with Crippen LogP contribution in [-0.4, -0.2) is 29.1 Å². The molecule has 17 heavy (non-hydrogen) atoms. The lowest BCUT2D eigenvalue weighted by Crippen LogP contribution is -2.34. The minimum Gasteiger partial charge on any atom is -0.382 e. The molecule has 1 amide bonds. The summed E-state index contributed by atoms with van der Waals surface area (Å²) in [6.07, 6.45) is 0. The number of rotatable bonds is 4. The first-order valence-electron chi connectivity index (χ1n) is 5.22. The Labute approximate surface area is 104 Å². The van der Waals surface area contributed by atoms with E-state index < -0.39 is 0 Å². The maximum Gasteiger partial charge on any atom is 0.278 e. The van der Waals surface area contributed by atoms with Gasteiger partial charge < -0.3 is 10.6 Å². The number of anilines is 1. The van der Waals surface area contributed by atoms with Gasteiger partial charge in [-0.05, 0) is 25.4 Å². The van der Waals surface area contributed by atoms with Gasteiger partial charge in [0, 0.05) is 13.6 Å². The van der Waals surface area contributed by atoms with Crippen molar-refractivity contribution in [3.63, 3.8) is 0 Å². The van der Waals surface area contributed by atoms with E-state index in [1.165, 1.54) is 0 Å². The van der Waals surface area contributed by atoms with Crippen LogP contribution >= 0.6 is 11.6 Å². The summed E-state index contributed by atoms with van der Waals surface area (Å²) in [4.78, 5) is 27.4. The minimum atomic E-state index is -0.351. The Morgan fingerprint density at radius 2 is 2.18 bits per heavy atom. The SMILES string of the molecule is CCNC(=O)Cn1c(Cl)nc(C)c(NC)c1=O. The molecule has 0 fully saturated rings. The van der Waals surface area contributed by atoms with Gasteiger partial charge in [0.25, 0.3) is 5.56 Å². The number of hydrogen-bond acceptors (Lipinski definition) is 4. The number of aromatic nitrogens is 2. The third kappa shape index (κ3) is 2.97. The Morgan fingerprint density at radius 1 is 1.53 bits per heavy atom. The summed E-state index contributed by atoms with van der Waals surface area (Å²) in [7, 11) is 1.62. The Kier molecular flexibility index (Phi) is 4.51. The van der Waals surface area contributed by atoms with E-state index >= 15 is 0 Å². The van der Waals surface area contributed by atoms with E-state index in [0.717, 1.165) is 4.57 Å². The predicted octanol–water partition coefficient (Wildman–Crippen LogP) is 0.383. The summed E-state index contributed by atoms with van der Waals surface area (Å²) in [6, 6.07) is 0. The molecule has 0 saturated heterocycles. The van der Waals surface area contributed by atoms with Crippen molar-refractivity contribution in [2.75, 3.05) is 18.9 Å². The molecule has 0 bridgehead atoms. The molecular formula is C10H15ClN4O2. The van der Waals surface area contributed by atoms with Crippen LogP contribution in [0.2, 0.25) is 5.28 Å². The summed E-state index contributed by atoms with van der Waals surface area (Å²) >= 11 is 5.85. The molecule has 0 atom stereocenters. The first kappa shape index (κ1) is 13.5. The predicted molar refractivity (Wildman–Crippen MR) is 66.5 cm³/mol. The van der Waals surface area contributed by atoms with Crippen LogP contribution in [0, 0.1) is 6.92 Å². The van der Waals surface area contributed by atoms with Crippen LogP contribution in [0.15, 0.2) is 4.79 Å². The van der Waals surface area contributed by atoms with Crippen LogP contribution in [0.5, 0.6) is 0 Å². The van der Waals surface area contributed by atoms with Gasteiger partial charge in [-0.15, -0.1) is 0 Å². The number of nitrogens with zero attached hydrogens (tertiary/aromatic N) is 2. The lowest BCUT2D eigenvalue weighted by molar-refractivity contribution is -0.121. The third-order valence-corrected chi connectivity index (χ3v) is 2.52. The molecule has 7 heteroatoms. The fourth-order valence-electron chi connectivity index (χ4n) is 1.45. The fraction of sp³-hybridized carbons (Fsp3) is 0.500. The monoisotopic (exact) mass is 258 g/mol. The Morgan fingerprint density at radius 3 is 2.71 bits per heavy atom. The smallest absolute Gasteiger partial charge is 0.278 e. The minimum absolute atomic E-state index is 0.0118. The van der Waals surface area contributed by atoms with Crippen LogP contribution in [0.4, 0.5) is 5.69 Å². The fourth-order valence-corrected chi connectivity index (χ4v) is 1.71. The zero-order valence-electron chi connectivity index (χ0n) is 10.0. The van der Waals surface area contributed by atoms with Crippen molar-refractivity contribution in [1.29, 1.82) is 0 Å². The molecule has 1 rings (SSSR count). The van der Waals surface area contributed by atoms with E-state index in [1.807, 2.05) is 0 Å². The maximum absolute atomic E-state index is 12.0. The van der Waals surface area contributed by atoms with Crippen molar-refractivity contribution in [2.45, 2.75) is 20.4 Å². The van der Waals surface area contributed by atoms with Crippen molar-refractivity contribution >= 4 is 23.2 Å². The highest BCUT2D eigenvalue weighted by Crippen LogP contribution is 2.10. The largest absolute Gasteiger partial charge is 0.382 e.